The number of fused-ring (bicyclic) bond motifs is 5. The number of Topliss-reactive ketones (excluding diaryl/α,β-unsaturated/α-hetero) is 1. The number of rotatable bonds is 0. The summed E-state index contributed by atoms with van der Waals surface area (Å²) in [6.07, 6.45) is 14.1. The first-order valence-corrected chi connectivity index (χ1v) is 12.3. The zero-order chi connectivity index (χ0) is 16.6. The van der Waals surface area contributed by atoms with Gasteiger partial charge in [0.15, 0.2) is 0 Å². The average molecular weight is 363 g/mol. The molecule has 0 bridgehead atoms. The van der Waals surface area contributed by atoms with Crippen LogP contribution in [0.15, 0.2) is 11.6 Å². The Morgan fingerprint density at radius 1 is 0.958 bits per heavy atom. The van der Waals surface area contributed by atoms with Crippen LogP contribution in [0.4, 0.5) is 0 Å². The molecule has 0 amide bonds. The molecule has 1 nitrogen and oxygen atoms in total. The molecule has 3 saturated carbocycles. The molecule has 5 aliphatic rings. The number of allylic oxidation sites excluding steroid dienone is 1. The molecule has 0 aromatic heterocycles. The van der Waals surface area contributed by atoms with Crippen molar-refractivity contribution >= 4 is 27.4 Å². The van der Waals surface area contributed by atoms with Crippen LogP contribution in [0.3, 0.4) is 0 Å². The van der Waals surface area contributed by atoms with Crippen LogP contribution < -0.4 is 0 Å². The van der Waals surface area contributed by atoms with E-state index in [0.717, 1.165) is 24.7 Å². The van der Waals surface area contributed by atoms with E-state index in [0.29, 0.717) is 21.9 Å². The SMILES string of the molecule is C[C@]12CCC3(C=C1CC[C@@H]1[C@@H]2CC[C@]2(C)C(=O)CC[C@@H]12)CCSS3. The Kier molecular flexibility index (Phi) is 3.61. The van der Waals surface area contributed by atoms with E-state index < -0.39 is 0 Å². The van der Waals surface area contributed by atoms with Crippen molar-refractivity contribution in [3.8, 4) is 0 Å². The fourth-order valence-electron chi connectivity index (χ4n) is 7.22. The topological polar surface area (TPSA) is 17.1 Å². The molecule has 1 unspecified atom stereocenters. The zero-order valence-electron chi connectivity index (χ0n) is 15.1. The molecule has 0 aromatic carbocycles. The van der Waals surface area contributed by atoms with Crippen LogP contribution in [0, 0.1) is 28.6 Å². The zero-order valence-corrected chi connectivity index (χ0v) is 16.7. The van der Waals surface area contributed by atoms with Crippen LogP contribution in [0.5, 0.6) is 0 Å². The smallest absolute Gasteiger partial charge is 0.139 e. The highest BCUT2D eigenvalue weighted by atomic mass is 33.1. The lowest BCUT2D eigenvalue weighted by molar-refractivity contribution is -0.132. The summed E-state index contributed by atoms with van der Waals surface area (Å²) >= 11 is 0. The summed E-state index contributed by atoms with van der Waals surface area (Å²) in [6.45, 7) is 4.90. The largest absolute Gasteiger partial charge is 0.299 e. The number of carbonyl (C=O) groups excluding carboxylic acids is 1. The number of ketones is 1. The van der Waals surface area contributed by atoms with Crippen molar-refractivity contribution in [3.63, 3.8) is 0 Å². The predicted octanol–water partition coefficient (Wildman–Crippen LogP) is 6.04. The van der Waals surface area contributed by atoms with Gasteiger partial charge in [-0.25, -0.2) is 0 Å². The van der Waals surface area contributed by atoms with Gasteiger partial charge in [-0.05, 0) is 74.5 Å². The van der Waals surface area contributed by atoms with Gasteiger partial charge in [0.25, 0.3) is 0 Å². The molecule has 1 aliphatic heterocycles. The first-order valence-electron chi connectivity index (χ1n) is 10.0. The lowest BCUT2D eigenvalue weighted by Crippen LogP contribution is -2.51. The third kappa shape index (κ3) is 2.06. The quantitative estimate of drug-likeness (QED) is 0.386. The summed E-state index contributed by atoms with van der Waals surface area (Å²) in [5.41, 5.74) is 2.28. The Bertz CT molecular complexity index is 605. The second-order valence-corrected chi connectivity index (χ2v) is 12.5. The van der Waals surface area contributed by atoms with E-state index in [1.54, 1.807) is 5.57 Å². The van der Waals surface area contributed by atoms with Crippen molar-refractivity contribution in [2.24, 2.45) is 28.6 Å². The minimum atomic E-state index is 0.0343. The van der Waals surface area contributed by atoms with Gasteiger partial charge in [0.05, 0.1) is 0 Å². The summed E-state index contributed by atoms with van der Waals surface area (Å²) in [4.78, 5) is 12.5. The fourth-order valence-corrected chi connectivity index (χ4v) is 10.5. The van der Waals surface area contributed by atoms with Gasteiger partial charge in [-0.1, -0.05) is 47.1 Å². The normalized spacial score (nSPS) is 53.5. The maximum Gasteiger partial charge on any atom is 0.139 e. The van der Waals surface area contributed by atoms with Crippen LogP contribution >= 0.6 is 21.6 Å². The molecular formula is C21H30OS2. The van der Waals surface area contributed by atoms with E-state index in [9.17, 15) is 4.79 Å². The third-order valence-electron chi connectivity index (χ3n) is 8.78. The van der Waals surface area contributed by atoms with E-state index in [4.69, 9.17) is 0 Å². The van der Waals surface area contributed by atoms with E-state index in [1.165, 1.54) is 50.7 Å². The molecule has 1 saturated heterocycles. The van der Waals surface area contributed by atoms with Crippen molar-refractivity contribution in [3.05, 3.63) is 11.6 Å². The summed E-state index contributed by atoms with van der Waals surface area (Å²) in [6, 6.07) is 0. The van der Waals surface area contributed by atoms with E-state index in [1.807, 2.05) is 0 Å². The molecule has 0 radical (unpaired) electrons. The van der Waals surface area contributed by atoms with Gasteiger partial charge >= 0.3 is 0 Å². The molecule has 6 atom stereocenters. The maximum atomic E-state index is 12.5. The van der Waals surface area contributed by atoms with Gasteiger partial charge in [-0.2, -0.15) is 0 Å². The van der Waals surface area contributed by atoms with Crippen LogP contribution in [0.1, 0.15) is 71.6 Å². The highest BCUT2D eigenvalue weighted by molar-refractivity contribution is 8.77. The molecule has 1 spiro atoms. The second kappa shape index (κ2) is 5.31. The Morgan fingerprint density at radius 3 is 2.58 bits per heavy atom. The van der Waals surface area contributed by atoms with Gasteiger partial charge in [0.1, 0.15) is 5.78 Å². The highest BCUT2D eigenvalue weighted by Gasteiger charge is 2.59. The minimum Gasteiger partial charge on any atom is -0.299 e. The van der Waals surface area contributed by atoms with Crippen LogP contribution in [0.2, 0.25) is 0 Å². The Balaban J connectivity index is 1.48. The molecule has 132 valence electrons. The molecule has 5 rings (SSSR count). The van der Waals surface area contributed by atoms with Crippen molar-refractivity contribution in [1.29, 1.82) is 0 Å². The monoisotopic (exact) mass is 362 g/mol. The van der Waals surface area contributed by atoms with Crippen LogP contribution in [0.25, 0.3) is 0 Å². The van der Waals surface area contributed by atoms with E-state index in [-0.39, 0.29) is 5.41 Å². The minimum absolute atomic E-state index is 0.0343. The van der Waals surface area contributed by atoms with Crippen molar-refractivity contribution in [2.45, 2.75) is 76.4 Å². The first-order chi connectivity index (χ1) is 11.5. The van der Waals surface area contributed by atoms with Crippen molar-refractivity contribution < 1.29 is 4.79 Å². The number of hydrogen-bond acceptors (Lipinski definition) is 3. The average Bonchev–Trinajstić information content (AvgIpc) is 3.14. The summed E-state index contributed by atoms with van der Waals surface area (Å²) in [5, 5.41) is 0. The summed E-state index contributed by atoms with van der Waals surface area (Å²) < 4.78 is 0.471. The number of carbonyl (C=O) groups is 1. The molecule has 0 aromatic rings. The molecule has 4 fully saturated rings. The molecule has 4 aliphatic carbocycles. The second-order valence-electron chi connectivity index (χ2n) is 9.64. The molecule has 24 heavy (non-hydrogen) atoms. The highest BCUT2D eigenvalue weighted by Crippen LogP contribution is 2.67. The van der Waals surface area contributed by atoms with Gasteiger partial charge in [0.2, 0.25) is 0 Å². The lowest BCUT2D eigenvalue weighted by atomic mass is 9.47. The number of hydrogen-bond donors (Lipinski definition) is 0. The first kappa shape index (κ1) is 16.3. The molecule has 1 heterocycles. The predicted molar refractivity (Wildman–Crippen MR) is 104 cm³/mol. The molecular weight excluding hydrogens is 332 g/mol. The third-order valence-corrected chi connectivity index (χ3v) is 12.0. The van der Waals surface area contributed by atoms with Crippen LogP contribution in [-0.4, -0.2) is 16.3 Å². The van der Waals surface area contributed by atoms with Crippen molar-refractivity contribution in [1.82, 2.24) is 0 Å². The van der Waals surface area contributed by atoms with Gasteiger partial charge in [0, 0.05) is 22.3 Å². The lowest BCUT2D eigenvalue weighted by Gasteiger charge is -2.58. The van der Waals surface area contributed by atoms with Gasteiger partial charge < -0.3 is 0 Å². The van der Waals surface area contributed by atoms with E-state index >= 15 is 0 Å². The molecule has 0 N–H and O–H groups in total. The summed E-state index contributed by atoms with van der Waals surface area (Å²) in [7, 11) is 4.25. The fraction of sp³-hybridized carbons (Fsp3) is 0.857. The van der Waals surface area contributed by atoms with E-state index in [2.05, 4.69) is 41.5 Å². The maximum absolute atomic E-state index is 12.5. The van der Waals surface area contributed by atoms with Crippen LogP contribution in [-0.2, 0) is 4.79 Å². The van der Waals surface area contributed by atoms with Crippen molar-refractivity contribution in [2.75, 3.05) is 5.75 Å². The van der Waals surface area contributed by atoms with Gasteiger partial charge in [-0.3, -0.25) is 4.79 Å². The molecule has 3 heteroatoms. The Hall–Kier alpha value is 0.110. The Morgan fingerprint density at radius 2 is 1.79 bits per heavy atom. The van der Waals surface area contributed by atoms with Gasteiger partial charge in [-0.15, -0.1) is 0 Å². The summed E-state index contributed by atoms with van der Waals surface area (Å²) in [5.74, 6) is 4.27. The standard InChI is InChI=1S/C21H30OS2/c1-19-9-10-21(11-12-23-24-21)13-14(19)3-4-15-16-5-6-18(22)20(16,2)8-7-17(15)19/h13,15-17H,3-12H2,1-2H3/t15-,16-,17-,19-,20-,21?/m0/s1. The Labute approximate surface area is 154 Å².